The number of aliphatic hydroxyl groups is 1. The Kier molecular flexibility index (Phi) is 5.51. The van der Waals surface area contributed by atoms with Crippen molar-refractivity contribution in [3.05, 3.63) is 18.5 Å². The van der Waals surface area contributed by atoms with Gasteiger partial charge in [-0.1, -0.05) is 0 Å². The molecular formula is C12H20N4O2. The number of hydrogen-bond donors (Lipinski definition) is 1. The topological polar surface area (TPSA) is 69.6 Å². The Hall–Kier alpha value is -1.69. The van der Waals surface area contributed by atoms with Gasteiger partial charge in [0.2, 0.25) is 11.9 Å². The Bertz CT molecular complexity index is 370. The van der Waals surface area contributed by atoms with Gasteiger partial charge in [0.25, 0.3) is 0 Å². The van der Waals surface area contributed by atoms with Crippen LogP contribution in [-0.2, 0) is 4.79 Å². The zero-order valence-corrected chi connectivity index (χ0v) is 11.1. The molecule has 1 heterocycles. The van der Waals surface area contributed by atoms with Gasteiger partial charge in [-0.2, -0.15) is 0 Å². The fourth-order valence-corrected chi connectivity index (χ4v) is 1.39. The van der Waals surface area contributed by atoms with Crippen LogP contribution in [0.3, 0.4) is 0 Å². The quantitative estimate of drug-likeness (QED) is 0.780. The molecule has 0 aliphatic rings. The van der Waals surface area contributed by atoms with Crippen molar-refractivity contribution < 1.29 is 9.90 Å². The predicted octanol–water partition coefficient (Wildman–Crippen LogP) is 0.142. The van der Waals surface area contributed by atoms with Gasteiger partial charge in [-0.3, -0.25) is 4.79 Å². The number of nitrogens with zero attached hydrogens (tertiary/aromatic N) is 4. The number of carbonyl (C=O) groups is 1. The lowest BCUT2D eigenvalue weighted by Crippen LogP contribution is -2.38. The van der Waals surface area contributed by atoms with Crippen molar-refractivity contribution in [3.8, 4) is 0 Å². The predicted molar refractivity (Wildman–Crippen MR) is 69.2 cm³/mol. The number of hydrogen-bond acceptors (Lipinski definition) is 5. The molecule has 0 aromatic carbocycles. The van der Waals surface area contributed by atoms with E-state index in [1.807, 2.05) is 0 Å². The summed E-state index contributed by atoms with van der Waals surface area (Å²) in [5, 5.41) is 9.17. The van der Waals surface area contributed by atoms with E-state index >= 15 is 0 Å². The molecule has 18 heavy (non-hydrogen) atoms. The third-order valence-corrected chi connectivity index (χ3v) is 2.57. The Labute approximate surface area is 107 Å². The highest BCUT2D eigenvalue weighted by Gasteiger charge is 2.13. The molecular weight excluding hydrogens is 232 g/mol. The minimum atomic E-state index is -0.393. The molecule has 6 heteroatoms. The molecule has 1 aromatic heterocycles. The molecule has 1 aromatic rings. The minimum absolute atomic E-state index is 0.0226. The smallest absolute Gasteiger partial charge is 0.241 e. The van der Waals surface area contributed by atoms with Gasteiger partial charge in [-0.15, -0.1) is 0 Å². The maximum atomic E-state index is 11.9. The number of rotatable bonds is 6. The molecule has 0 aliphatic heterocycles. The Morgan fingerprint density at radius 2 is 2.00 bits per heavy atom. The molecule has 1 amide bonds. The van der Waals surface area contributed by atoms with E-state index in [-0.39, 0.29) is 12.5 Å². The minimum Gasteiger partial charge on any atom is -0.393 e. The van der Waals surface area contributed by atoms with Gasteiger partial charge in [0, 0.05) is 33.0 Å². The summed E-state index contributed by atoms with van der Waals surface area (Å²) in [6.45, 7) is 2.47. The average molecular weight is 252 g/mol. The molecule has 0 saturated carbocycles. The Morgan fingerprint density at radius 1 is 1.39 bits per heavy atom. The maximum Gasteiger partial charge on any atom is 0.241 e. The summed E-state index contributed by atoms with van der Waals surface area (Å²) in [6, 6.07) is 1.73. The van der Waals surface area contributed by atoms with Crippen LogP contribution in [0.25, 0.3) is 0 Å². The number of anilines is 1. The molecule has 1 unspecified atom stereocenters. The molecule has 6 nitrogen and oxygen atoms in total. The first-order valence-corrected chi connectivity index (χ1v) is 5.91. The van der Waals surface area contributed by atoms with Gasteiger partial charge in [-0.05, 0) is 19.4 Å². The lowest BCUT2D eigenvalue weighted by Gasteiger charge is -2.22. The van der Waals surface area contributed by atoms with Crippen LogP contribution in [0, 0.1) is 0 Å². The van der Waals surface area contributed by atoms with E-state index in [0.717, 1.165) is 0 Å². The largest absolute Gasteiger partial charge is 0.393 e. The van der Waals surface area contributed by atoms with Gasteiger partial charge in [-0.25, -0.2) is 9.97 Å². The number of carbonyl (C=O) groups excluding carboxylic acids is 1. The van der Waals surface area contributed by atoms with E-state index in [9.17, 15) is 9.90 Å². The second-order valence-electron chi connectivity index (χ2n) is 4.36. The average Bonchev–Trinajstić information content (AvgIpc) is 2.36. The summed E-state index contributed by atoms with van der Waals surface area (Å²) in [4.78, 5) is 23.3. The van der Waals surface area contributed by atoms with E-state index < -0.39 is 6.10 Å². The molecule has 0 spiro atoms. The number of aromatic nitrogens is 2. The fraction of sp³-hybridized carbons (Fsp3) is 0.583. The summed E-state index contributed by atoms with van der Waals surface area (Å²) in [6.07, 6.45) is 3.46. The van der Waals surface area contributed by atoms with Gasteiger partial charge in [0.1, 0.15) is 0 Å². The molecule has 100 valence electrons. The third kappa shape index (κ3) is 4.67. The second kappa shape index (κ2) is 6.90. The standard InChI is InChI=1S/C12H20N4O2/c1-10(17)5-8-15(2)11(18)9-16(3)12-13-6-4-7-14-12/h4,6-7,10,17H,5,8-9H2,1-3H3. The SMILES string of the molecule is CC(O)CCN(C)C(=O)CN(C)c1ncccn1. The van der Waals surface area contributed by atoms with Crippen LogP contribution in [0.4, 0.5) is 5.95 Å². The van der Waals surface area contributed by atoms with E-state index in [2.05, 4.69) is 9.97 Å². The molecule has 1 N–H and O–H groups in total. The first-order chi connectivity index (χ1) is 8.50. The number of aliphatic hydroxyl groups excluding tert-OH is 1. The van der Waals surface area contributed by atoms with E-state index in [4.69, 9.17) is 0 Å². The van der Waals surface area contributed by atoms with Crippen LogP contribution in [0.5, 0.6) is 0 Å². The third-order valence-electron chi connectivity index (χ3n) is 2.57. The monoisotopic (exact) mass is 252 g/mol. The van der Waals surface area contributed by atoms with Crippen molar-refractivity contribution in [2.75, 3.05) is 32.1 Å². The van der Waals surface area contributed by atoms with Crippen molar-refractivity contribution in [2.24, 2.45) is 0 Å². The normalized spacial score (nSPS) is 12.0. The van der Waals surface area contributed by atoms with Gasteiger partial charge in [0.15, 0.2) is 0 Å². The highest BCUT2D eigenvalue weighted by atomic mass is 16.3. The van der Waals surface area contributed by atoms with Crippen LogP contribution in [0.15, 0.2) is 18.5 Å². The number of amides is 1. The Balaban J connectivity index is 2.44. The highest BCUT2D eigenvalue weighted by molar-refractivity contribution is 5.80. The van der Waals surface area contributed by atoms with Crippen LogP contribution in [0.1, 0.15) is 13.3 Å². The summed E-state index contributed by atoms with van der Waals surface area (Å²) in [5.41, 5.74) is 0. The van der Waals surface area contributed by atoms with Crippen LogP contribution < -0.4 is 4.90 Å². The fourth-order valence-electron chi connectivity index (χ4n) is 1.39. The van der Waals surface area contributed by atoms with Crippen LogP contribution in [0.2, 0.25) is 0 Å². The lowest BCUT2D eigenvalue weighted by molar-refractivity contribution is -0.128. The van der Waals surface area contributed by atoms with Gasteiger partial charge >= 0.3 is 0 Å². The van der Waals surface area contributed by atoms with Crippen molar-refractivity contribution in [1.29, 1.82) is 0 Å². The molecule has 0 radical (unpaired) electrons. The van der Waals surface area contributed by atoms with Crippen molar-refractivity contribution in [1.82, 2.24) is 14.9 Å². The van der Waals surface area contributed by atoms with Crippen LogP contribution >= 0.6 is 0 Å². The van der Waals surface area contributed by atoms with E-state index in [1.54, 1.807) is 49.3 Å². The summed E-state index contributed by atoms with van der Waals surface area (Å²) < 4.78 is 0. The van der Waals surface area contributed by atoms with Crippen molar-refractivity contribution >= 4 is 11.9 Å². The van der Waals surface area contributed by atoms with Crippen molar-refractivity contribution in [3.63, 3.8) is 0 Å². The lowest BCUT2D eigenvalue weighted by atomic mass is 10.3. The zero-order valence-electron chi connectivity index (χ0n) is 11.1. The van der Waals surface area contributed by atoms with E-state index in [1.165, 1.54) is 0 Å². The molecule has 0 saturated heterocycles. The van der Waals surface area contributed by atoms with E-state index in [0.29, 0.717) is 18.9 Å². The molecule has 1 rings (SSSR count). The molecule has 0 fully saturated rings. The summed E-state index contributed by atoms with van der Waals surface area (Å²) in [7, 11) is 3.50. The second-order valence-corrected chi connectivity index (χ2v) is 4.36. The van der Waals surface area contributed by atoms with Gasteiger partial charge < -0.3 is 14.9 Å². The van der Waals surface area contributed by atoms with Crippen LogP contribution in [-0.4, -0.2) is 59.2 Å². The Morgan fingerprint density at radius 3 is 2.56 bits per heavy atom. The van der Waals surface area contributed by atoms with Gasteiger partial charge in [0.05, 0.1) is 12.6 Å². The molecule has 0 bridgehead atoms. The zero-order chi connectivity index (χ0) is 13.5. The molecule has 1 atom stereocenters. The highest BCUT2D eigenvalue weighted by Crippen LogP contribution is 2.02. The van der Waals surface area contributed by atoms with Crippen molar-refractivity contribution in [2.45, 2.75) is 19.4 Å². The number of likely N-dealkylation sites (N-methyl/N-ethyl adjacent to an activating group) is 2. The first kappa shape index (κ1) is 14.4. The molecule has 0 aliphatic carbocycles. The first-order valence-electron chi connectivity index (χ1n) is 5.91. The maximum absolute atomic E-state index is 11.9. The summed E-state index contributed by atoms with van der Waals surface area (Å²) in [5.74, 6) is 0.500. The summed E-state index contributed by atoms with van der Waals surface area (Å²) >= 11 is 0.